The number of carbonyl (C=O) groups excluding carboxylic acids is 2. The van der Waals surface area contributed by atoms with Gasteiger partial charge in [-0.1, -0.05) is 44.2 Å². The van der Waals surface area contributed by atoms with Crippen LogP contribution in [0.3, 0.4) is 0 Å². The molecule has 1 fully saturated rings. The number of thiophene rings is 1. The maximum Gasteiger partial charge on any atom is 0.225 e. The number of amides is 2. The van der Waals surface area contributed by atoms with E-state index in [1.165, 1.54) is 10.4 Å². The molecule has 1 atom stereocenters. The Labute approximate surface area is 165 Å². The second-order valence-corrected chi connectivity index (χ2v) is 8.96. The molecule has 27 heavy (non-hydrogen) atoms. The van der Waals surface area contributed by atoms with E-state index in [1.54, 1.807) is 11.3 Å². The van der Waals surface area contributed by atoms with Crippen molar-refractivity contribution >= 4 is 23.2 Å². The number of rotatable bonds is 6. The predicted molar refractivity (Wildman–Crippen MR) is 110 cm³/mol. The summed E-state index contributed by atoms with van der Waals surface area (Å²) in [7, 11) is 0. The lowest BCUT2D eigenvalue weighted by atomic mass is 9.74. The monoisotopic (exact) mass is 384 g/mol. The van der Waals surface area contributed by atoms with Gasteiger partial charge >= 0.3 is 0 Å². The number of benzene rings is 1. The fourth-order valence-corrected chi connectivity index (χ4v) is 4.61. The number of nitrogens with zero attached hydrogens (tertiary/aromatic N) is 1. The van der Waals surface area contributed by atoms with Crippen molar-refractivity contribution in [2.75, 3.05) is 13.1 Å². The smallest absolute Gasteiger partial charge is 0.225 e. The molecule has 1 aromatic heterocycles. The molecule has 0 radical (unpaired) electrons. The molecule has 0 spiro atoms. The van der Waals surface area contributed by atoms with Gasteiger partial charge in [0.2, 0.25) is 11.8 Å². The molecular weight excluding hydrogens is 356 g/mol. The summed E-state index contributed by atoms with van der Waals surface area (Å²) < 4.78 is 0. The van der Waals surface area contributed by atoms with E-state index in [0.29, 0.717) is 25.3 Å². The zero-order valence-corrected chi connectivity index (χ0v) is 16.9. The molecule has 2 amide bonds. The van der Waals surface area contributed by atoms with Gasteiger partial charge in [-0.05, 0) is 47.8 Å². The Balaban J connectivity index is 1.76. The van der Waals surface area contributed by atoms with Crippen LogP contribution in [0.1, 0.15) is 38.7 Å². The summed E-state index contributed by atoms with van der Waals surface area (Å²) in [5.41, 5.74) is 7.44. The van der Waals surface area contributed by atoms with Crippen molar-refractivity contribution in [3.05, 3.63) is 47.3 Å². The van der Waals surface area contributed by atoms with Crippen molar-refractivity contribution in [1.29, 1.82) is 0 Å². The summed E-state index contributed by atoms with van der Waals surface area (Å²) in [6.45, 7) is 5.23. The van der Waals surface area contributed by atoms with Gasteiger partial charge in [0.1, 0.15) is 0 Å². The second kappa shape index (κ2) is 8.26. The Morgan fingerprint density at radius 2 is 1.96 bits per heavy atom. The van der Waals surface area contributed by atoms with Crippen LogP contribution in [0.25, 0.3) is 10.4 Å². The van der Waals surface area contributed by atoms with Crippen molar-refractivity contribution in [3.63, 3.8) is 0 Å². The quantitative estimate of drug-likeness (QED) is 0.815. The standard InChI is InChI=1S/C22H28N2O2S/c1-16(2)13-20(25)24-11-4-10-22(15-24,21(23)26)14-17-6-8-18(9-7-17)19-5-3-12-27-19/h3,5-9,12,16H,4,10-11,13-15H2,1-2H3,(H2,23,26). The van der Waals surface area contributed by atoms with Crippen LogP contribution in [0, 0.1) is 11.3 Å². The van der Waals surface area contributed by atoms with Crippen molar-refractivity contribution in [3.8, 4) is 10.4 Å². The molecule has 1 unspecified atom stereocenters. The van der Waals surface area contributed by atoms with Gasteiger partial charge < -0.3 is 10.6 Å². The van der Waals surface area contributed by atoms with Crippen molar-refractivity contribution in [2.45, 2.75) is 39.5 Å². The molecular formula is C22H28N2O2S. The highest BCUT2D eigenvalue weighted by Gasteiger charge is 2.42. The molecule has 2 heterocycles. The first-order valence-electron chi connectivity index (χ1n) is 9.60. The van der Waals surface area contributed by atoms with Gasteiger partial charge in [0, 0.05) is 24.4 Å². The minimum atomic E-state index is -0.671. The third kappa shape index (κ3) is 4.59. The third-order valence-corrected chi connectivity index (χ3v) is 6.26. The van der Waals surface area contributed by atoms with E-state index in [0.717, 1.165) is 24.9 Å². The topological polar surface area (TPSA) is 63.4 Å². The Bertz CT molecular complexity index is 783. The molecule has 1 aliphatic heterocycles. The third-order valence-electron chi connectivity index (χ3n) is 5.34. The maximum absolute atomic E-state index is 12.5. The number of primary amides is 1. The van der Waals surface area contributed by atoms with E-state index in [4.69, 9.17) is 5.73 Å². The zero-order valence-electron chi connectivity index (χ0n) is 16.1. The Morgan fingerprint density at radius 1 is 1.22 bits per heavy atom. The molecule has 1 saturated heterocycles. The van der Waals surface area contributed by atoms with Crippen molar-refractivity contribution in [1.82, 2.24) is 4.90 Å². The van der Waals surface area contributed by atoms with Crippen LogP contribution in [-0.4, -0.2) is 29.8 Å². The number of hydrogen-bond donors (Lipinski definition) is 1. The molecule has 4 nitrogen and oxygen atoms in total. The van der Waals surface area contributed by atoms with Gasteiger partial charge in [-0.2, -0.15) is 0 Å². The van der Waals surface area contributed by atoms with Crippen LogP contribution in [0.5, 0.6) is 0 Å². The van der Waals surface area contributed by atoms with Gasteiger partial charge in [-0.3, -0.25) is 9.59 Å². The van der Waals surface area contributed by atoms with E-state index in [2.05, 4.69) is 35.7 Å². The van der Waals surface area contributed by atoms with Crippen LogP contribution in [-0.2, 0) is 16.0 Å². The molecule has 5 heteroatoms. The van der Waals surface area contributed by atoms with Crippen molar-refractivity contribution in [2.24, 2.45) is 17.1 Å². The first-order valence-corrected chi connectivity index (χ1v) is 10.5. The lowest BCUT2D eigenvalue weighted by molar-refractivity contribution is -0.140. The summed E-state index contributed by atoms with van der Waals surface area (Å²) >= 11 is 1.71. The molecule has 2 N–H and O–H groups in total. The lowest BCUT2D eigenvalue weighted by Gasteiger charge is -2.41. The normalized spacial score (nSPS) is 20.0. The first kappa shape index (κ1) is 19.6. The van der Waals surface area contributed by atoms with E-state index in [1.807, 2.05) is 24.8 Å². The Hall–Kier alpha value is -2.14. The van der Waals surface area contributed by atoms with Crippen LogP contribution in [0.4, 0.5) is 0 Å². The van der Waals surface area contributed by atoms with Crippen LogP contribution >= 0.6 is 11.3 Å². The minimum Gasteiger partial charge on any atom is -0.369 e. The van der Waals surface area contributed by atoms with E-state index in [-0.39, 0.29) is 11.8 Å². The van der Waals surface area contributed by atoms with Crippen LogP contribution < -0.4 is 5.73 Å². The summed E-state index contributed by atoms with van der Waals surface area (Å²) in [5, 5.41) is 2.07. The van der Waals surface area contributed by atoms with Gasteiger partial charge in [-0.25, -0.2) is 0 Å². The fraction of sp³-hybridized carbons (Fsp3) is 0.455. The first-order chi connectivity index (χ1) is 12.9. The number of piperidine rings is 1. The number of hydrogen-bond acceptors (Lipinski definition) is 3. The summed E-state index contributed by atoms with van der Waals surface area (Å²) in [6.07, 6.45) is 2.66. The molecule has 0 aliphatic carbocycles. The highest BCUT2D eigenvalue weighted by molar-refractivity contribution is 7.13. The Morgan fingerprint density at radius 3 is 2.56 bits per heavy atom. The number of nitrogens with two attached hydrogens (primary N) is 1. The predicted octanol–water partition coefficient (Wildman–Crippen LogP) is 4.10. The average Bonchev–Trinajstić information content (AvgIpc) is 3.16. The largest absolute Gasteiger partial charge is 0.369 e. The average molecular weight is 385 g/mol. The summed E-state index contributed by atoms with van der Waals surface area (Å²) in [4.78, 5) is 28.0. The van der Waals surface area contributed by atoms with Crippen molar-refractivity contribution < 1.29 is 9.59 Å². The summed E-state index contributed by atoms with van der Waals surface area (Å²) in [6, 6.07) is 12.5. The lowest BCUT2D eigenvalue weighted by Crippen LogP contribution is -2.53. The summed E-state index contributed by atoms with van der Waals surface area (Å²) in [5.74, 6) is 0.141. The Kier molecular flexibility index (Phi) is 6.00. The van der Waals surface area contributed by atoms with Crippen LogP contribution in [0.15, 0.2) is 41.8 Å². The number of likely N-dealkylation sites (tertiary alicyclic amines) is 1. The SMILES string of the molecule is CC(C)CC(=O)N1CCCC(Cc2ccc(-c3cccs3)cc2)(C(N)=O)C1. The highest BCUT2D eigenvalue weighted by atomic mass is 32.1. The van der Waals surface area contributed by atoms with E-state index < -0.39 is 5.41 Å². The number of carbonyl (C=O) groups is 2. The van der Waals surface area contributed by atoms with Gasteiger partial charge in [0.25, 0.3) is 0 Å². The van der Waals surface area contributed by atoms with Gasteiger partial charge in [-0.15, -0.1) is 11.3 Å². The molecule has 0 bridgehead atoms. The van der Waals surface area contributed by atoms with Crippen LogP contribution in [0.2, 0.25) is 0 Å². The van der Waals surface area contributed by atoms with Gasteiger partial charge in [0.05, 0.1) is 5.41 Å². The molecule has 3 rings (SSSR count). The molecule has 2 aromatic rings. The molecule has 1 aromatic carbocycles. The minimum absolute atomic E-state index is 0.128. The highest BCUT2D eigenvalue weighted by Crippen LogP contribution is 2.35. The maximum atomic E-state index is 12.5. The molecule has 0 saturated carbocycles. The van der Waals surface area contributed by atoms with Gasteiger partial charge in [0.15, 0.2) is 0 Å². The van der Waals surface area contributed by atoms with E-state index >= 15 is 0 Å². The molecule has 1 aliphatic rings. The zero-order chi connectivity index (χ0) is 19.4. The second-order valence-electron chi connectivity index (χ2n) is 8.01. The molecule has 144 valence electrons. The fourth-order valence-electron chi connectivity index (χ4n) is 3.88. The van der Waals surface area contributed by atoms with E-state index in [9.17, 15) is 9.59 Å².